The van der Waals surface area contributed by atoms with Crippen LogP contribution >= 0.6 is 11.3 Å². The third-order valence-corrected chi connectivity index (χ3v) is 5.14. The second kappa shape index (κ2) is 6.06. The van der Waals surface area contributed by atoms with Gasteiger partial charge < -0.3 is 5.11 Å². The number of hydrogen-bond acceptors (Lipinski definition) is 5. The number of halogens is 3. The van der Waals surface area contributed by atoms with Gasteiger partial charge in [-0.05, 0) is 6.92 Å². The summed E-state index contributed by atoms with van der Waals surface area (Å²) in [7, 11) is 0. The molecule has 140 valence electrons. The minimum atomic E-state index is -4.86. The molecule has 26 heavy (non-hydrogen) atoms. The fourth-order valence-electron chi connectivity index (χ4n) is 2.60. The van der Waals surface area contributed by atoms with Crippen LogP contribution in [-0.4, -0.2) is 27.7 Å². The van der Waals surface area contributed by atoms with Crippen molar-refractivity contribution in [3.05, 3.63) is 35.2 Å². The second-order valence-corrected chi connectivity index (χ2v) is 8.32. The Morgan fingerprint density at radius 1 is 1.15 bits per heavy atom. The highest BCUT2D eigenvalue weighted by Gasteiger charge is 2.63. The van der Waals surface area contributed by atoms with Gasteiger partial charge in [0.1, 0.15) is 0 Å². The Morgan fingerprint density at radius 2 is 1.77 bits per heavy atom. The molecule has 2 heterocycles. The van der Waals surface area contributed by atoms with E-state index in [-0.39, 0.29) is 10.8 Å². The number of rotatable bonds is 2. The fourth-order valence-corrected chi connectivity index (χ4v) is 3.45. The first-order chi connectivity index (χ1) is 11.9. The van der Waals surface area contributed by atoms with E-state index in [4.69, 9.17) is 0 Å². The molecule has 0 bridgehead atoms. The van der Waals surface area contributed by atoms with Crippen molar-refractivity contribution in [3.63, 3.8) is 0 Å². The molecule has 2 aromatic rings. The van der Waals surface area contributed by atoms with Crippen molar-refractivity contribution in [3.8, 4) is 11.3 Å². The zero-order chi connectivity index (χ0) is 19.3. The summed E-state index contributed by atoms with van der Waals surface area (Å²) >= 11 is 1.02. The number of alkyl halides is 3. The van der Waals surface area contributed by atoms with Crippen LogP contribution in [0.1, 0.15) is 32.8 Å². The fraction of sp³-hybridized carbons (Fsp3) is 0.444. The molecule has 0 fully saturated rings. The molecule has 1 aliphatic heterocycles. The summed E-state index contributed by atoms with van der Waals surface area (Å²) in [6, 6.07) is 7.54. The summed E-state index contributed by atoms with van der Waals surface area (Å²) in [6.07, 6.45) is -5.46. The largest absolute Gasteiger partial charge is 0.438 e. The van der Waals surface area contributed by atoms with Gasteiger partial charge in [0.2, 0.25) is 5.13 Å². The maximum absolute atomic E-state index is 13.6. The molecule has 0 spiro atoms. The monoisotopic (exact) mass is 383 g/mol. The van der Waals surface area contributed by atoms with Crippen LogP contribution in [0.15, 0.2) is 34.7 Å². The van der Waals surface area contributed by atoms with Crippen LogP contribution in [0.2, 0.25) is 0 Å². The van der Waals surface area contributed by atoms with Gasteiger partial charge in [0, 0.05) is 28.5 Å². The summed E-state index contributed by atoms with van der Waals surface area (Å²) in [5.41, 5.74) is -0.968. The summed E-state index contributed by atoms with van der Waals surface area (Å²) in [5.74, 6) is 0. The molecular weight excluding hydrogens is 363 g/mol. The number of thiazole rings is 1. The van der Waals surface area contributed by atoms with Crippen molar-refractivity contribution < 1.29 is 18.3 Å². The van der Waals surface area contributed by atoms with Crippen LogP contribution in [-0.2, 0) is 0 Å². The van der Waals surface area contributed by atoms with Gasteiger partial charge in [-0.2, -0.15) is 23.3 Å². The molecular formula is C18H20F3N3OS. The van der Waals surface area contributed by atoms with E-state index in [9.17, 15) is 18.3 Å². The van der Waals surface area contributed by atoms with E-state index in [1.165, 1.54) is 0 Å². The van der Waals surface area contributed by atoms with Crippen molar-refractivity contribution in [2.45, 2.75) is 46.0 Å². The van der Waals surface area contributed by atoms with E-state index >= 15 is 0 Å². The van der Waals surface area contributed by atoms with Crippen LogP contribution in [0.25, 0.3) is 11.3 Å². The lowest BCUT2D eigenvalue weighted by molar-refractivity contribution is -0.254. The molecule has 1 atom stereocenters. The highest BCUT2D eigenvalue weighted by atomic mass is 32.1. The highest BCUT2D eigenvalue weighted by Crippen LogP contribution is 2.46. The predicted octanol–water partition coefficient (Wildman–Crippen LogP) is 4.98. The van der Waals surface area contributed by atoms with Crippen molar-refractivity contribution in [2.75, 3.05) is 5.01 Å². The lowest BCUT2D eigenvalue weighted by Crippen LogP contribution is -2.55. The van der Waals surface area contributed by atoms with Crippen LogP contribution in [0.4, 0.5) is 18.3 Å². The smallest absolute Gasteiger partial charge is 0.362 e. The number of anilines is 1. The van der Waals surface area contributed by atoms with Gasteiger partial charge in [0.15, 0.2) is 0 Å². The Balaban J connectivity index is 2.02. The Kier molecular flexibility index (Phi) is 4.39. The highest BCUT2D eigenvalue weighted by molar-refractivity contribution is 7.14. The quantitative estimate of drug-likeness (QED) is 0.796. The molecule has 1 aromatic heterocycles. The SMILES string of the molecule is Cc1ccc(-c2csc(N3N=C(C(C)(C)C)CC3(O)C(F)(F)F)n2)cc1. The number of benzene rings is 1. The molecule has 4 nitrogen and oxygen atoms in total. The van der Waals surface area contributed by atoms with Gasteiger partial charge in [0.25, 0.3) is 5.72 Å². The first kappa shape index (κ1) is 18.8. The van der Waals surface area contributed by atoms with Crippen LogP contribution in [0.3, 0.4) is 0 Å². The van der Waals surface area contributed by atoms with E-state index in [2.05, 4.69) is 10.1 Å². The van der Waals surface area contributed by atoms with E-state index in [1.54, 1.807) is 26.2 Å². The first-order valence-electron chi connectivity index (χ1n) is 8.12. The van der Waals surface area contributed by atoms with Crippen molar-refractivity contribution in [1.82, 2.24) is 4.98 Å². The average molecular weight is 383 g/mol. The maximum Gasteiger partial charge on any atom is 0.438 e. The summed E-state index contributed by atoms with van der Waals surface area (Å²) in [4.78, 5) is 4.29. The van der Waals surface area contributed by atoms with E-state index in [1.807, 2.05) is 31.2 Å². The lowest BCUT2D eigenvalue weighted by atomic mass is 9.86. The summed E-state index contributed by atoms with van der Waals surface area (Å²) in [5, 5.41) is 16.8. The van der Waals surface area contributed by atoms with Gasteiger partial charge in [0.05, 0.1) is 5.69 Å². The van der Waals surface area contributed by atoms with Crippen molar-refractivity contribution in [1.29, 1.82) is 0 Å². The standard InChI is InChI=1S/C18H20F3N3OS/c1-11-5-7-12(8-6-11)13-10-26-15(22-13)24-17(25,18(19,20)21)9-14(23-24)16(2,3)4/h5-8,10,25H,9H2,1-4H3. The van der Waals surface area contributed by atoms with Gasteiger partial charge in [-0.25, -0.2) is 4.98 Å². The van der Waals surface area contributed by atoms with E-state index in [0.29, 0.717) is 10.7 Å². The Hall–Kier alpha value is -1.93. The molecule has 0 saturated heterocycles. The maximum atomic E-state index is 13.6. The van der Waals surface area contributed by atoms with E-state index in [0.717, 1.165) is 22.5 Å². The first-order valence-corrected chi connectivity index (χ1v) is 9.00. The molecule has 3 rings (SSSR count). The van der Waals surface area contributed by atoms with E-state index < -0.39 is 23.7 Å². The Bertz CT molecular complexity index is 837. The normalized spacial score (nSPS) is 21.2. The molecule has 1 N–H and O–H groups in total. The number of aryl methyl sites for hydroxylation is 1. The van der Waals surface area contributed by atoms with Gasteiger partial charge in [-0.15, -0.1) is 11.3 Å². The molecule has 1 aromatic carbocycles. The molecule has 1 aliphatic rings. The minimum absolute atomic E-state index is 0.0136. The second-order valence-electron chi connectivity index (χ2n) is 7.48. The number of hydrazone groups is 1. The van der Waals surface area contributed by atoms with Crippen molar-refractivity contribution >= 4 is 22.2 Å². The molecule has 0 radical (unpaired) electrons. The average Bonchev–Trinajstić information content (AvgIpc) is 3.12. The molecule has 0 amide bonds. The topological polar surface area (TPSA) is 48.7 Å². The predicted molar refractivity (Wildman–Crippen MR) is 97.3 cm³/mol. The third-order valence-electron chi connectivity index (χ3n) is 4.33. The van der Waals surface area contributed by atoms with Crippen molar-refractivity contribution in [2.24, 2.45) is 10.5 Å². The zero-order valence-corrected chi connectivity index (χ0v) is 15.7. The third kappa shape index (κ3) is 3.23. The summed E-state index contributed by atoms with van der Waals surface area (Å²) < 4.78 is 40.9. The van der Waals surface area contributed by atoms with Crippen LogP contribution < -0.4 is 5.01 Å². The van der Waals surface area contributed by atoms with Crippen LogP contribution in [0.5, 0.6) is 0 Å². The van der Waals surface area contributed by atoms with Crippen LogP contribution in [0, 0.1) is 12.3 Å². The Morgan fingerprint density at radius 3 is 2.31 bits per heavy atom. The van der Waals surface area contributed by atoms with Gasteiger partial charge >= 0.3 is 6.18 Å². The number of nitrogens with zero attached hydrogens (tertiary/aromatic N) is 3. The molecule has 0 aliphatic carbocycles. The lowest BCUT2D eigenvalue weighted by Gasteiger charge is -2.32. The number of aliphatic hydroxyl groups is 1. The van der Waals surface area contributed by atoms with Gasteiger partial charge in [-0.3, -0.25) is 0 Å². The number of hydrogen-bond donors (Lipinski definition) is 1. The molecule has 0 saturated carbocycles. The summed E-state index contributed by atoms with van der Waals surface area (Å²) in [6.45, 7) is 7.26. The van der Waals surface area contributed by atoms with Gasteiger partial charge in [-0.1, -0.05) is 50.6 Å². The molecule has 1 unspecified atom stereocenters. The molecule has 8 heteroatoms. The minimum Gasteiger partial charge on any atom is -0.362 e. The Labute approximate surface area is 154 Å². The number of aromatic nitrogens is 1. The zero-order valence-electron chi connectivity index (χ0n) is 14.9.